The van der Waals surface area contributed by atoms with E-state index in [9.17, 15) is 14.7 Å². The summed E-state index contributed by atoms with van der Waals surface area (Å²) in [7, 11) is 1.61. The van der Waals surface area contributed by atoms with E-state index in [0.717, 1.165) is 54.4 Å². The number of rotatable bonds is 11. The Labute approximate surface area is 206 Å². The molecule has 1 aromatic heterocycles. The molecule has 1 aromatic carbocycles. The van der Waals surface area contributed by atoms with Crippen LogP contribution in [0.1, 0.15) is 61.7 Å². The fourth-order valence-corrected chi connectivity index (χ4v) is 6.91. The molecule has 1 N–H and O–H groups in total. The summed E-state index contributed by atoms with van der Waals surface area (Å²) in [6.07, 6.45) is 9.41. The topological polar surface area (TPSA) is 79.7 Å². The molecule has 2 fully saturated rings. The fraction of sp³-hybridized carbons (Fsp3) is 0.593. The molecule has 2 heterocycles. The lowest BCUT2D eigenvalue weighted by molar-refractivity contribution is -0.139. The van der Waals surface area contributed by atoms with Gasteiger partial charge in [0.25, 0.3) is 0 Å². The van der Waals surface area contributed by atoms with Gasteiger partial charge >= 0.3 is 5.97 Å². The van der Waals surface area contributed by atoms with E-state index in [-0.39, 0.29) is 24.0 Å². The van der Waals surface area contributed by atoms with E-state index in [2.05, 4.69) is 21.6 Å². The van der Waals surface area contributed by atoms with Crippen molar-refractivity contribution in [3.63, 3.8) is 0 Å². The van der Waals surface area contributed by atoms with Crippen molar-refractivity contribution in [3.8, 4) is 5.75 Å². The Hall–Kier alpha value is -2.12. The van der Waals surface area contributed by atoms with E-state index in [0.29, 0.717) is 17.7 Å². The number of ether oxygens (including phenoxy) is 1. The highest BCUT2D eigenvalue weighted by Gasteiger charge is 2.31. The Morgan fingerprint density at radius 1 is 1.18 bits per heavy atom. The van der Waals surface area contributed by atoms with Crippen molar-refractivity contribution in [2.45, 2.75) is 56.6 Å². The van der Waals surface area contributed by atoms with Crippen LogP contribution in [0, 0.1) is 11.8 Å². The van der Waals surface area contributed by atoms with Crippen molar-refractivity contribution >= 4 is 34.4 Å². The van der Waals surface area contributed by atoms with Gasteiger partial charge in [0.1, 0.15) is 5.75 Å². The molecule has 1 aliphatic carbocycles. The third kappa shape index (κ3) is 6.51. The van der Waals surface area contributed by atoms with Gasteiger partial charge in [-0.2, -0.15) is 11.8 Å². The number of benzene rings is 1. The second-order valence-corrected chi connectivity index (χ2v) is 11.1. The van der Waals surface area contributed by atoms with Crippen molar-refractivity contribution < 1.29 is 19.4 Å². The molecule has 0 bridgehead atoms. The number of carboxylic acid groups (broad SMARTS) is 1. The Balaban J connectivity index is 1.34. The normalized spacial score (nSPS) is 21.7. The molecule has 1 saturated heterocycles. The number of hydrogen-bond donors (Lipinski definition) is 1. The predicted molar refractivity (Wildman–Crippen MR) is 137 cm³/mol. The van der Waals surface area contributed by atoms with Crippen LogP contribution in [0.5, 0.6) is 5.75 Å². The maximum absolute atomic E-state index is 13.2. The number of nitrogens with zero attached hydrogens (tertiary/aromatic N) is 2. The van der Waals surface area contributed by atoms with E-state index in [1.807, 2.05) is 18.2 Å². The molecule has 184 valence electrons. The quantitative estimate of drug-likeness (QED) is 0.434. The van der Waals surface area contributed by atoms with Crippen LogP contribution in [0.4, 0.5) is 0 Å². The summed E-state index contributed by atoms with van der Waals surface area (Å²) in [6.45, 7) is 2.86. The number of carboxylic acids is 1. The van der Waals surface area contributed by atoms with Crippen LogP contribution in [0.2, 0.25) is 0 Å². The van der Waals surface area contributed by atoms with Gasteiger partial charge in [-0.1, -0.05) is 12.8 Å². The van der Waals surface area contributed by atoms with E-state index in [1.165, 1.54) is 25.7 Å². The van der Waals surface area contributed by atoms with Crippen LogP contribution < -0.4 is 4.74 Å². The number of Topliss-reactive ketones (excluding diaryl/α,β-unsaturated/α-hetero) is 1. The van der Waals surface area contributed by atoms with Gasteiger partial charge in [-0.3, -0.25) is 14.6 Å². The second-order valence-electron chi connectivity index (χ2n) is 9.69. The Morgan fingerprint density at radius 2 is 2.00 bits per heavy atom. The van der Waals surface area contributed by atoms with Gasteiger partial charge in [-0.25, -0.2) is 0 Å². The van der Waals surface area contributed by atoms with Crippen LogP contribution in [0.3, 0.4) is 0 Å². The number of carbonyl (C=O) groups excluding carboxylic acids is 1. The second kappa shape index (κ2) is 12.0. The van der Waals surface area contributed by atoms with Crippen LogP contribution in [-0.2, 0) is 4.79 Å². The molecule has 2 aromatic rings. The fourth-order valence-electron chi connectivity index (χ4n) is 5.54. The van der Waals surface area contributed by atoms with Gasteiger partial charge in [0.15, 0.2) is 5.78 Å². The molecular formula is C27H36N2O4S. The van der Waals surface area contributed by atoms with Crippen molar-refractivity contribution in [2.75, 3.05) is 32.5 Å². The molecule has 0 unspecified atom stereocenters. The summed E-state index contributed by atoms with van der Waals surface area (Å²) in [5, 5.41) is 11.1. The number of pyridine rings is 1. The number of methoxy groups -OCH3 is 1. The Kier molecular flexibility index (Phi) is 8.84. The molecular weight excluding hydrogens is 448 g/mol. The number of thioether (sulfide) groups is 1. The highest BCUT2D eigenvalue weighted by Crippen LogP contribution is 2.33. The maximum atomic E-state index is 13.2. The number of fused-ring (bicyclic) bond motifs is 1. The van der Waals surface area contributed by atoms with Crippen LogP contribution in [0.25, 0.3) is 10.9 Å². The third-order valence-electron chi connectivity index (χ3n) is 7.47. The number of likely N-dealkylation sites (tertiary alicyclic amines) is 1. The lowest BCUT2D eigenvalue weighted by Crippen LogP contribution is -2.42. The zero-order chi connectivity index (χ0) is 23.9. The first-order valence-corrected chi connectivity index (χ1v) is 13.6. The summed E-state index contributed by atoms with van der Waals surface area (Å²) < 4.78 is 5.33. The molecule has 7 heteroatoms. The number of aromatic nitrogens is 1. The van der Waals surface area contributed by atoms with Gasteiger partial charge in [-0.05, 0) is 68.3 Å². The number of aliphatic carboxylic acids is 1. The molecule has 0 amide bonds. The molecule has 0 radical (unpaired) electrons. The summed E-state index contributed by atoms with van der Waals surface area (Å²) in [4.78, 5) is 31.5. The first kappa shape index (κ1) is 25.0. The van der Waals surface area contributed by atoms with Crippen LogP contribution in [0.15, 0.2) is 30.5 Å². The molecule has 2 aliphatic rings. The number of carbonyl (C=O) groups is 2. The zero-order valence-electron chi connectivity index (χ0n) is 20.1. The van der Waals surface area contributed by atoms with Crippen molar-refractivity contribution in [3.05, 3.63) is 36.0 Å². The molecule has 2 atom stereocenters. The summed E-state index contributed by atoms with van der Waals surface area (Å²) in [6, 6.07) is 7.36. The maximum Gasteiger partial charge on any atom is 0.303 e. The molecule has 4 rings (SSSR count). The minimum absolute atomic E-state index is 0.0881. The highest BCUT2D eigenvalue weighted by molar-refractivity contribution is 7.99. The van der Waals surface area contributed by atoms with Crippen molar-refractivity contribution in [1.82, 2.24) is 9.88 Å². The standard InChI is InChI=1S/C27H36N2O4S/c1-33-21-7-8-25-24(17-21)23(10-12-28-25)26(30)9-6-19-11-13-29(18-20(19)16-27(31)32)14-15-34-22-4-2-3-5-22/h7-8,10,12,17,19-20,22H,2-6,9,11,13-16,18H2,1H3,(H,31,32)/t19-,20+/m1/s1. The molecule has 1 saturated carbocycles. The minimum Gasteiger partial charge on any atom is -0.497 e. The first-order valence-electron chi connectivity index (χ1n) is 12.5. The molecule has 0 spiro atoms. The average Bonchev–Trinajstić information content (AvgIpc) is 3.36. The SMILES string of the molecule is COc1ccc2nccc(C(=O)CC[C@@H]3CCN(CCSC4CCCC4)C[C@@H]3CC(=O)O)c2c1. The number of hydrogen-bond acceptors (Lipinski definition) is 6. The lowest BCUT2D eigenvalue weighted by atomic mass is 9.79. The molecule has 34 heavy (non-hydrogen) atoms. The predicted octanol–water partition coefficient (Wildman–Crippen LogP) is 5.29. The molecule has 1 aliphatic heterocycles. The number of piperidine rings is 1. The summed E-state index contributed by atoms with van der Waals surface area (Å²) in [5.74, 6) is 1.55. The van der Waals surface area contributed by atoms with Gasteiger partial charge in [0.2, 0.25) is 0 Å². The van der Waals surface area contributed by atoms with Gasteiger partial charge < -0.3 is 14.7 Å². The average molecular weight is 485 g/mol. The third-order valence-corrected chi connectivity index (χ3v) is 8.83. The zero-order valence-corrected chi connectivity index (χ0v) is 20.9. The van der Waals surface area contributed by atoms with E-state index >= 15 is 0 Å². The summed E-state index contributed by atoms with van der Waals surface area (Å²) in [5.41, 5.74) is 1.44. The van der Waals surface area contributed by atoms with Gasteiger partial charge in [0.05, 0.1) is 12.6 Å². The van der Waals surface area contributed by atoms with Crippen LogP contribution >= 0.6 is 11.8 Å². The van der Waals surface area contributed by atoms with Gasteiger partial charge in [0, 0.05) is 54.1 Å². The van der Waals surface area contributed by atoms with Gasteiger partial charge in [-0.15, -0.1) is 0 Å². The number of ketones is 1. The van der Waals surface area contributed by atoms with Crippen molar-refractivity contribution in [2.24, 2.45) is 11.8 Å². The van der Waals surface area contributed by atoms with Crippen molar-refractivity contribution in [1.29, 1.82) is 0 Å². The molecule has 6 nitrogen and oxygen atoms in total. The Bertz CT molecular complexity index is 992. The first-order chi connectivity index (χ1) is 16.5. The lowest BCUT2D eigenvalue weighted by Gasteiger charge is -2.38. The van der Waals surface area contributed by atoms with E-state index in [1.54, 1.807) is 19.4 Å². The van der Waals surface area contributed by atoms with Crippen LogP contribution in [-0.4, -0.2) is 64.5 Å². The highest BCUT2D eigenvalue weighted by atomic mass is 32.2. The van der Waals surface area contributed by atoms with E-state index < -0.39 is 5.97 Å². The smallest absolute Gasteiger partial charge is 0.303 e. The summed E-state index contributed by atoms with van der Waals surface area (Å²) >= 11 is 2.09. The monoisotopic (exact) mass is 484 g/mol. The Morgan fingerprint density at radius 3 is 2.76 bits per heavy atom. The van der Waals surface area contributed by atoms with E-state index in [4.69, 9.17) is 4.74 Å². The largest absolute Gasteiger partial charge is 0.497 e. The minimum atomic E-state index is -0.740.